The maximum Gasteiger partial charge on any atom is 0.0297 e. The quantitative estimate of drug-likeness (QED) is 0.803. The van der Waals surface area contributed by atoms with Crippen LogP contribution in [0.15, 0.2) is 24.3 Å². The molecule has 1 fully saturated rings. The third-order valence-corrected chi connectivity index (χ3v) is 4.34. The van der Waals surface area contributed by atoms with Crippen LogP contribution in [0.3, 0.4) is 0 Å². The SMILES string of the molecule is CC(C)Cc1cccc(C(N)CC2CCCCC2)c1. The molecule has 1 heteroatoms. The van der Waals surface area contributed by atoms with Crippen molar-refractivity contribution in [1.82, 2.24) is 0 Å². The topological polar surface area (TPSA) is 26.0 Å². The van der Waals surface area contributed by atoms with Gasteiger partial charge in [-0.15, -0.1) is 0 Å². The van der Waals surface area contributed by atoms with E-state index in [2.05, 4.69) is 38.1 Å². The Balaban J connectivity index is 1.95. The van der Waals surface area contributed by atoms with Gasteiger partial charge in [-0.1, -0.05) is 70.2 Å². The Labute approximate surface area is 118 Å². The van der Waals surface area contributed by atoms with Gasteiger partial charge in [0.15, 0.2) is 0 Å². The van der Waals surface area contributed by atoms with E-state index in [1.54, 1.807) is 0 Å². The lowest BCUT2D eigenvalue weighted by atomic mass is 9.83. The molecule has 1 nitrogen and oxygen atoms in total. The van der Waals surface area contributed by atoms with Gasteiger partial charge in [-0.05, 0) is 35.8 Å². The first-order chi connectivity index (χ1) is 9.15. The highest BCUT2D eigenvalue weighted by Crippen LogP contribution is 2.31. The van der Waals surface area contributed by atoms with Crippen LogP contribution in [-0.2, 0) is 6.42 Å². The minimum Gasteiger partial charge on any atom is -0.324 e. The average molecular weight is 259 g/mol. The van der Waals surface area contributed by atoms with Crippen molar-refractivity contribution >= 4 is 0 Å². The second-order valence-corrected chi connectivity index (χ2v) is 6.69. The molecule has 0 amide bonds. The van der Waals surface area contributed by atoms with Gasteiger partial charge >= 0.3 is 0 Å². The highest BCUT2D eigenvalue weighted by atomic mass is 14.6. The van der Waals surface area contributed by atoms with E-state index in [1.807, 2.05) is 0 Å². The Morgan fingerprint density at radius 2 is 1.89 bits per heavy atom. The van der Waals surface area contributed by atoms with Crippen LogP contribution in [0.5, 0.6) is 0 Å². The van der Waals surface area contributed by atoms with Crippen molar-refractivity contribution < 1.29 is 0 Å². The fraction of sp³-hybridized carbons (Fsp3) is 0.667. The molecule has 0 saturated heterocycles. The Morgan fingerprint density at radius 3 is 2.58 bits per heavy atom. The van der Waals surface area contributed by atoms with Gasteiger partial charge in [0.2, 0.25) is 0 Å². The van der Waals surface area contributed by atoms with E-state index in [1.165, 1.54) is 49.7 Å². The average Bonchev–Trinajstić information content (AvgIpc) is 2.39. The van der Waals surface area contributed by atoms with Crippen LogP contribution >= 0.6 is 0 Å². The molecule has 1 unspecified atom stereocenters. The van der Waals surface area contributed by atoms with Gasteiger partial charge in [-0.25, -0.2) is 0 Å². The van der Waals surface area contributed by atoms with E-state index in [9.17, 15) is 0 Å². The zero-order valence-corrected chi connectivity index (χ0v) is 12.6. The van der Waals surface area contributed by atoms with Gasteiger partial charge in [-0.2, -0.15) is 0 Å². The summed E-state index contributed by atoms with van der Waals surface area (Å²) in [5.74, 6) is 1.57. The summed E-state index contributed by atoms with van der Waals surface area (Å²) < 4.78 is 0. The molecule has 1 aliphatic rings. The van der Waals surface area contributed by atoms with Crippen molar-refractivity contribution in [3.8, 4) is 0 Å². The number of hydrogen-bond donors (Lipinski definition) is 1. The molecule has 19 heavy (non-hydrogen) atoms. The molecule has 0 aromatic heterocycles. The molecule has 1 aromatic carbocycles. The van der Waals surface area contributed by atoms with Gasteiger partial charge in [0, 0.05) is 6.04 Å². The summed E-state index contributed by atoms with van der Waals surface area (Å²) in [6.45, 7) is 4.54. The Hall–Kier alpha value is -0.820. The van der Waals surface area contributed by atoms with E-state index in [0.29, 0.717) is 5.92 Å². The summed E-state index contributed by atoms with van der Waals surface area (Å²) in [5.41, 5.74) is 9.20. The predicted molar refractivity (Wildman–Crippen MR) is 83.1 cm³/mol. The molecule has 106 valence electrons. The summed E-state index contributed by atoms with van der Waals surface area (Å²) >= 11 is 0. The molecular weight excluding hydrogens is 230 g/mol. The van der Waals surface area contributed by atoms with Gasteiger partial charge in [0.25, 0.3) is 0 Å². The maximum atomic E-state index is 6.43. The molecule has 1 atom stereocenters. The summed E-state index contributed by atoms with van der Waals surface area (Å²) in [7, 11) is 0. The zero-order valence-electron chi connectivity index (χ0n) is 12.6. The minimum atomic E-state index is 0.232. The summed E-state index contributed by atoms with van der Waals surface area (Å²) in [6, 6.07) is 9.17. The van der Waals surface area contributed by atoms with Crippen molar-refractivity contribution in [2.24, 2.45) is 17.6 Å². The number of nitrogens with two attached hydrogens (primary N) is 1. The highest BCUT2D eigenvalue weighted by molar-refractivity contribution is 5.26. The van der Waals surface area contributed by atoms with Gasteiger partial charge in [0.05, 0.1) is 0 Å². The number of rotatable bonds is 5. The van der Waals surface area contributed by atoms with Crippen LogP contribution in [-0.4, -0.2) is 0 Å². The number of benzene rings is 1. The molecular formula is C18H29N. The molecule has 0 bridgehead atoms. The van der Waals surface area contributed by atoms with Crippen molar-refractivity contribution in [2.75, 3.05) is 0 Å². The lowest BCUT2D eigenvalue weighted by Crippen LogP contribution is -2.17. The Bertz CT molecular complexity index is 377. The lowest BCUT2D eigenvalue weighted by molar-refractivity contribution is 0.319. The van der Waals surface area contributed by atoms with Crippen molar-refractivity contribution in [1.29, 1.82) is 0 Å². The van der Waals surface area contributed by atoms with Crippen LogP contribution < -0.4 is 5.73 Å². The second-order valence-electron chi connectivity index (χ2n) is 6.69. The van der Waals surface area contributed by atoms with Crippen LogP contribution in [0, 0.1) is 11.8 Å². The monoisotopic (exact) mass is 259 g/mol. The van der Waals surface area contributed by atoms with Crippen molar-refractivity contribution in [3.63, 3.8) is 0 Å². The third kappa shape index (κ3) is 4.65. The first-order valence-electron chi connectivity index (χ1n) is 7.99. The lowest BCUT2D eigenvalue weighted by Gasteiger charge is -2.25. The zero-order chi connectivity index (χ0) is 13.7. The van der Waals surface area contributed by atoms with E-state index < -0.39 is 0 Å². The van der Waals surface area contributed by atoms with Crippen molar-refractivity contribution in [3.05, 3.63) is 35.4 Å². The molecule has 0 spiro atoms. The van der Waals surface area contributed by atoms with Gasteiger partial charge < -0.3 is 5.73 Å². The first kappa shape index (κ1) is 14.6. The van der Waals surface area contributed by atoms with E-state index >= 15 is 0 Å². The number of hydrogen-bond acceptors (Lipinski definition) is 1. The van der Waals surface area contributed by atoms with Crippen LogP contribution in [0.25, 0.3) is 0 Å². The molecule has 1 aromatic rings. The van der Waals surface area contributed by atoms with Crippen molar-refractivity contribution in [2.45, 2.75) is 64.8 Å². The smallest absolute Gasteiger partial charge is 0.0297 e. The van der Waals surface area contributed by atoms with E-state index in [0.717, 1.165) is 12.3 Å². The normalized spacial score (nSPS) is 18.7. The van der Waals surface area contributed by atoms with E-state index in [4.69, 9.17) is 5.73 Å². The molecule has 2 rings (SSSR count). The Kier molecular flexibility index (Phi) is 5.45. The molecule has 1 saturated carbocycles. The van der Waals surface area contributed by atoms with Gasteiger partial charge in [0.1, 0.15) is 0 Å². The molecule has 0 aliphatic heterocycles. The fourth-order valence-corrected chi connectivity index (χ4v) is 3.34. The van der Waals surface area contributed by atoms with Crippen LogP contribution in [0.4, 0.5) is 0 Å². The molecule has 0 radical (unpaired) electrons. The highest BCUT2D eigenvalue weighted by Gasteiger charge is 2.17. The maximum absolute atomic E-state index is 6.43. The summed E-state index contributed by atoms with van der Waals surface area (Å²) in [6.07, 6.45) is 9.35. The largest absolute Gasteiger partial charge is 0.324 e. The van der Waals surface area contributed by atoms with E-state index in [-0.39, 0.29) is 6.04 Å². The first-order valence-corrected chi connectivity index (χ1v) is 7.99. The van der Waals surface area contributed by atoms with Crippen LogP contribution in [0.2, 0.25) is 0 Å². The Morgan fingerprint density at radius 1 is 1.16 bits per heavy atom. The standard InChI is InChI=1S/C18H29N/c1-14(2)11-16-9-6-10-17(12-16)18(19)13-15-7-4-3-5-8-15/h6,9-10,12,14-15,18H,3-5,7-8,11,13,19H2,1-2H3. The summed E-state index contributed by atoms with van der Waals surface area (Å²) in [5, 5.41) is 0. The second kappa shape index (κ2) is 7.09. The third-order valence-electron chi connectivity index (χ3n) is 4.34. The fourth-order valence-electron chi connectivity index (χ4n) is 3.34. The van der Waals surface area contributed by atoms with Crippen LogP contribution in [0.1, 0.15) is 69.5 Å². The molecule has 0 heterocycles. The predicted octanol–water partition coefficient (Wildman–Crippen LogP) is 4.86. The van der Waals surface area contributed by atoms with Gasteiger partial charge in [-0.3, -0.25) is 0 Å². The molecule has 2 N–H and O–H groups in total. The molecule has 1 aliphatic carbocycles. The summed E-state index contributed by atoms with van der Waals surface area (Å²) in [4.78, 5) is 0. The minimum absolute atomic E-state index is 0.232.